The summed E-state index contributed by atoms with van der Waals surface area (Å²) in [4.78, 5) is 31.7. The molecule has 1 unspecified atom stereocenters. The maximum atomic E-state index is 12.7. The summed E-state index contributed by atoms with van der Waals surface area (Å²) in [5.74, 6) is 0.553. The Balaban J connectivity index is 1.92. The van der Waals surface area contributed by atoms with Gasteiger partial charge in [-0.3, -0.25) is 13.9 Å². The van der Waals surface area contributed by atoms with Crippen LogP contribution in [0.3, 0.4) is 0 Å². The summed E-state index contributed by atoms with van der Waals surface area (Å²) in [7, 11) is 1.76. The molecule has 1 saturated heterocycles. The molecule has 3 rings (SSSR count). The van der Waals surface area contributed by atoms with Gasteiger partial charge in [0.15, 0.2) is 5.65 Å². The Hall–Kier alpha value is -2.31. The van der Waals surface area contributed by atoms with Gasteiger partial charge in [-0.05, 0) is 37.3 Å². The Morgan fingerprint density at radius 3 is 2.74 bits per heavy atom. The second-order valence-corrected chi connectivity index (χ2v) is 8.54. The highest BCUT2D eigenvalue weighted by molar-refractivity contribution is 5.75. The number of hydrogen-bond donors (Lipinski definition) is 0. The topological polar surface area (TPSA) is 69.4 Å². The van der Waals surface area contributed by atoms with Crippen LogP contribution in [0.2, 0.25) is 0 Å². The lowest BCUT2D eigenvalue weighted by molar-refractivity contribution is -0.148. The summed E-state index contributed by atoms with van der Waals surface area (Å²) in [6.07, 6.45) is 1.77. The SMILES string of the molecule is CCOC(=O)C1CCCN(c2ccc3c(n2)n(C)c(=O)n3CC(C)(C)C)C1. The van der Waals surface area contributed by atoms with Crippen LogP contribution in [-0.2, 0) is 23.1 Å². The minimum absolute atomic E-state index is 0.00346. The van der Waals surface area contributed by atoms with E-state index in [0.717, 1.165) is 30.7 Å². The number of aromatic nitrogens is 3. The molecule has 0 aliphatic carbocycles. The van der Waals surface area contributed by atoms with Crippen molar-refractivity contribution in [3.05, 3.63) is 22.6 Å². The maximum absolute atomic E-state index is 12.7. The first kappa shape index (κ1) is 19.5. The zero-order chi connectivity index (χ0) is 19.8. The monoisotopic (exact) mass is 374 g/mol. The van der Waals surface area contributed by atoms with Crippen LogP contribution >= 0.6 is 0 Å². The highest BCUT2D eigenvalue weighted by Crippen LogP contribution is 2.25. The Bertz CT molecular complexity index is 891. The van der Waals surface area contributed by atoms with Gasteiger partial charge in [-0.1, -0.05) is 20.8 Å². The summed E-state index contributed by atoms with van der Waals surface area (Å²) in [6.45, 7) is 10.7. The van der Waals surface area contributed by atoms with Gasteiger partial charge < -0.3 is 9.64 Å². The Kier molecular flexibility index (Phi) is 5.31. The molecule has 1 aliphatic rings. The van der Waals surface area contributed by atoms with Crippen molar-refractivity contribution in [1.29, 1.82) is 0 Å². The highest BCUT2D eigenvalue weighted by Gasteiger charge is 2.28. The van der Waals surface area contributed by atoms with Gasteiger partial charge >= 0.3 is 11.7 Å². The summed E-state index contributed by atoms with van der Waals surface area (Å²) < 4.78 is 8.59. The lowest BCUT2D eigenvalue weighted by Gasteiger charge is -2.32. The van der Waals surface area contributed by atoms with Crippen molar-refractivity contribution in [2.24, 2.45) is 18.4 Å². The third kappa shape index (κ3) is 4.01. The molecule has 0 saturated carbocycles. The second kappa shape index (κ2) is 7.37. The lowest BCUT2D eigenvalue weighted by Crippen LogP contribution is -2.39. The fourth-order valence-corrected chi connectivity index (χ4v) is 3.70. The smallest absolute Gasteiger partial charge is 0.330 e. The standard InChI is InChI=1S/C20H30N4O3/c1-6-27-18(25)14-8-7-11-23(12-14)16-10-9-15-17(21-16)22(5)19(26)24(15)13-20(2,3)4/h9-10,14H,6-8,11-13H2,1-5H3. The molecule has 0 amide bonds. The molecule has 7 nitrogen and oxygen atoms in total. The molecule has 0 aromatic carbocycles. The molecular formula is C20H30N4O3. The van der Waals surface area contributed by atoms with E-state index in [1.165, 1.54) is 0 Å². The molecule has 7 heteroatoms. The highest BCUT2D eigenvalue weighted by atomic mass is 16.5. The number of carbonyl (C=O) groups is 1. The number of hydrogen-bond acceptors (Lipinski definition) is 5. The van der Waals surface area contributed by atoms with Crippen LogP contribution in [0.1, 0.15) is 40.5 Å². The zero-order valence-corrected chi connectivity index (χ0v) is 17.0. The summed E-state index contributed by atoms with van der Waals surface area (Å²) in [6, 6.07) is 3.92. The molecule has 1 fully saturated rings. The number of anilines is 1. The molecule has 0 bridgehead atoms. The third-order valence-electron chi connectivity index (χ3n) is 4.96. The first-order valence-corrected chi connectivity index (χ1v) is 9.69. The number of aryl methyl sites for hydroxylation is 1. The largest absolute Gasteiger partial charge is 0.466 e. The molecule has 0 radical (unpaired) electrons. The fourth-order valence-electron chi connectivity index (χ4n) is 3.70. The average molecular weight is 374 g/mol. The average Bonchev–Trinajstić information content (AvgIpc) is 2.85. The Labute approximate surface area is 159 Å². The van der Waals surface area contributed by atoms with Crippen LogP contribution in [0.5, 0.6) is 0 Å². The van der Waals surface area contributed by atoms with Crippen molar-refractivity contribution in [2.75, 3.05) is 24.6 Å². The quantitative estimate of drug-likeness (QED) is 0.770. The van der Waals surface area contributed by atoms with Gasteiger partial charge in [0, 0.05) is 26.7 Å². The predicted molar refractivity (Wildman–Crippen MR) is 106 cm³/mol. The van der Waals surface area contributed by atoms with Gasteiger partial charge in [0.25, 0.3) is 0 Å². The van der Waals surface area contributed by atoms with E-state index in [2.05, 4.69) is 25.7 Å². The van der Waals surface area contributed by atoms with Crippen LogP contribution in [-0.4, -0.2) is 39.8 Å². The molecule has 0 N–H and O–H groups in total. The van der Waals surface area contributed by atoms with Crippen molar-refractivity contribution in [2.45, 2.75) is 47.1 Å². The normalized spacial score (nSPS) is 18.1. The zero-order valence-electron chi connectivity index (χ0n) is 17.0. The van der Waals surface area contributed by atoms with Crippen LogP contribution in [0.15, 0.2) is 16.9 Å². The van der Waals surface area contributed by atoms with Crippen molar-refractivity contribution in [3.8, 4) is 0 Å². The minimum Gasteiger partial charge on any atom is -0.466 e. The van der Waals surface area contributed by atoms with Crippen molar-refractivity contribution >= 4 is 23.0 Å². The van der Waals surface area contributed by atoms with Crippen molar-refractivity contribution < 1.29 is 9.53 Å². The van der Waals surface area contributed by atoms with E-state index in [1.54, 1.807) is 16.2 Å². The van der Waals surface area contributed by atoms with Gasteiger partial charge in [0.2, 0.25) is 0 Å². The molecule has 2 aromatic rings. The van der Waals surface area contributed by atoms with Crippen LogP contribution in [0.25, 0.3) is 11.2 Å². The van der Waals surface area contributed by atoms with Gasteiger partial charge in [-0.25, -0.2) is 9.78 Å². The number of rotatable bonds is 4. The molecular weight excluding hydrogens is 344 g/mol. The predicted octanol–water partition coefficient (Wildman–Crippen LogP) is 2.56. The minimum atomic E-state index is -0.132. The fraction of sp³-hybridized carbons (Fsp3) is 0.650. The first-order valence-electron chi connectivity index (χ1n) is 9.69. The number of pyridine rings is 1. The number of ether oxygens (including phenoxy) is 1. The third-order valence-corrected chi connectivity index (χ3v) is 4.96. The molecule has 2 aromatic heterocycles. The van der Waals surface area contributed by atoms with Crippen molar-refractivity contribution in [1.82, 2.24) is 14.1 Å². The molecule has 148 valence electrons. The molecule has 27 heavy (non-hydrogen) atoms. The van der Waals surface area contributed by atoms with Crippen LogP contribution in [0.4, 0.5) is 5.82 Å². The van der Waals surface area contributed by atoms with E-state index in [4.69, 9.17) is 9.72 Å². The first-order chi connectivity index (χ1) is 12.7. The van der Waals surface area contributed by atoms with Crippen LogP contribution in [0, 0.1) is 11.3 Å². The Morgan fingerprint density at radius 1 is 1.33 bits per heavy atom. The number of fused-ring (bicyclic) bond motifs is 1. The van der Waals surface area contributed by atoms with Gasteiger partial charge in [0.1, 0.15) is 5.82 Å². The number of carbonyl (C=O) groups excluding carboxylic acids is 1. The van der Waals surface area contributed by atoms with E-state index in [9.17, 15) is 9.59 Å². The summed E-state index contributed by atoms with van der Waals surface area (Å²) in [5, 5.41) is 0. The van der Waals surface area contributed by atoms with E-state index in [0.29, 0.717) is 25.3 Å². The van der Waals surface area contributed by atoms with Crippen LogP contribution < -0.4 is 10.6 Å². The molecule has 1 atom stereocenters. The maximum Gasteiger partial charge on any atom is 0.330 e. The summed E-state index contributed by atoms with van der Waals surface area (Å²) in [5.41, 5.74) is 1.48. The number of nitrogens with zero attached hydrogens (tertiary/aromatic N) is 4. The number of piperidine rings is 1. The number of imidazole rings is 1. The summed E-state index contributed by atoms with van der Waals surface area (Å²) >= 11 is 0. The van der Waals surface area contributed by atoms with E-state index >= 15 is 0 Å². The lowest BCUT2D eigenvalue weighted by atomic mass is 9.97. The van der Waals surface area contributed by atoms with E-state index in [1.807, 2.05) is 19.1 Å². The van der Waals surface area contributed by atoms with E-state index < -0.39 is 0 Å². The molecule has 3 heterocycles. The molecule has 1 aliphatic heterocycles. The van der Waals surface area contributed by atoms with E-state index in [-0.39, 0.29) is 23.0 Å². The number of esters is 1. The molecule has 0 spiro atoms. The van der Waals surface area contributed by atoms with Gasteiger partial charge in [0.05, 0.1) is 18.0 Å². The van der Waals surface area contributed by atoms with Gasteiger partial charge in [-0.2, -0.15) is 0 Å². The second-order valence-electron chi connectivity index (χ2n) is 8.54. The Morgan fingerprint density at radius 2 is 2.07 bits per heavy atom. The van der Waals surface area contributed by atoms with Gasteiger partial charge in [-0.15, -0.1) is 0 Å². The van der Waals surface area contributed by atoms with Crippen molar-refractivity contribution in [3.63, 3.8) is 0 Å².